The maximum Gasteiger partial charge on any atom is 0.254 e. The van der Waals surface area contributed by atoms with Crippen LogP contribution in [0.25, 0.3) is 0 Å². The van der Waals surface area contributed by atoms with Crippen LogP contribution in [0.1, 0.15) is 26.3 Å². The summed E-state index contributed by atoms with van der Waals surface area (Å²) in [6.45, 7) is 0.439. The minimum atomic E-state index is -0.199. The molecule has 0 radical (unpaired) electrons. The van der Waals surface area contributed by atoms with E-state index in [0.717, 1.165) is 0 Å². The molecule has 0 saturated heterocycles. The fraction of sp³-hybridized carbons (Fsp3) is 0.176. The van der Waals surface area contributed by atoms with E-state index in [4.69, 9.17) is 11.6 Å². The highest BCUT2D eigenvalue weighted by Crippen LogP contribution is 2.16. The molecule has 2 rings (SSSR count). The number of benzene rings is 2. The Morgan fingerprint density at radius 2 is 1.52 bits per heavy atom. The van der Waals surface area contributed by atoms with E-state index in [0.29, 0.717) is 29.1 Å². The lowest BCUT2D eigenvalue weighted by Gasteiger charge is -2.17. The molecule has 2 aromatic carbocycles. The number of carbonyl (C=O) groups is 2. The summed E-state index contributed by atoms with van der Waals surface area (Å²) in [5.41, 5.74) is 1.38. The number of rotatable bonds is 5. The van der Waals surface area contributed by atoms with Crippen molar-refractivity contribution in [2.24, 2.45) is 0 Å². The average molecular weight is 302 g/mol. The Labute approximate surface area is 129 Å². The molecular weight excluding hydrogens is 286 g/mol. The van der Waals surface area contributed by atoms with Gasteiger partial charge < -0.3 is 4.90 Å². The lowest BCUT2D eigenvalue weighted by Crippen LogP contribution is -2.30. The second kappa shape index (κ2) is 7.04. The van der Waals surface area contributed by atoms with Crippen LogP contribution in [0.4, 0.5) is 0 Å². The number of carbonyl (C=O) groups excluding carboxylic acids is 2. The SMILES string of the molecule is CN(CCCl)C(=O)c1ccccc1C(=O)c1ccccc1. The molecule has 0 N–H and O–H groups in total. The number of alkyl halides is 1. The molecule has 2 aromatic rings. The van der Waals surface area contributed by atoms with E-state index < -0.39 is 0 Å². The molecule has 0 spiro atoms. The molecule has 21 heavy (non-hydrogen) atoms. The molecule has 0 heterocycles. The number of nitrogens with zero attached hydrogens (tertiary/aromatic N) is 1. The number of ketones is 1. The van der Waals surface area contributed by atoms with E-state index in [1.807, 2.05) is 6.07 Å². The quantitative estimate of drug-likeness (QED) is 0.628. The van der Waals surface area contributed by atoms with Crippen molar-refractivity contribution in [1.29, 1.82) is 0 Å². The highest BCUT2D eigenvalue weighted by molar-refractivity contribution is 6.18. The van der Waals surface area contributed by atoms with E-state index in [1.54, 1.807) is 55.6 Å². The Kier molecular flexibility index (Phi) is 5.12. The number of hydrogen-bond donors (Lipinski definition) is 0. The molecule has 0 aliphatic heterocycles. The van der Waals surface area contributed by atoms with Crippen molar-refractivity contribution in [1.82, 2.24) is 4.90 Å². The molecule has 108 valence electrons. The van der Waals surface area contributed by atoms with Crippen molar-refractivity contribution < 1.29 is 9.59 Å². The Morgan fingerprint density at radius 3 is 2.14 bits per heavy atom. The highest BCUT2D eigenvalue weighted by Gasteiger charge is 2.20. The monoisotopic (exact) mass is 301 g/mol. The van der Waals surface area contributed by atoms with Gasteiger partial charge >= 0.3 is 0 Å². The summed E-state index contributed by atoms with van der Waals surface area (Å²) in [4.78, 5) is 26.5. The summed E-state index contributed by atoms with van der Waals surface area (Å²) >= 11 is 5.67. The van der Waals surface area contributed by atoms with Crippen molar-refractivity contribution in [2.75, 3.05) is 19.5 Å². The first-order chi connectivity index (χ1) is 10.1. The zero-order valence-corrected chi connectivity index (χ0v) is 12.5. The van der Waals surface area contributed by atoms with E-state index in [9.17, 15) is 9.59 Å². The van der Waals surface area contributed by atoms with E-state index in [2.05, 4.69) is 0 Å². The standard InChI is InChI=1S/C17H16ClNO2/c1-19(12-11-18)17(21)15-10-6-5-9-14(15)16(20)13-7-3-2-4-8-13/h2-10H,11-12H2,1H3. The predicted molar refractivity (Wildman–Crippen MR) is 84.0 cm³/mol. The Morgan fingerprint density at radius 1 is 0.952 bits per heavy atom. The van der Waals surface area contributed by atoms with Gasteiger partial charge in [0.05, 0.1) is 5.56 Å². The van der Waals surface area contributed by atoms with Crippen LogP contribution in [-0.2, 0) is 0 Å². The third kappa shape index (κ3) is 3.50. The number of amides is 1. The zero-order chi connectivity index (χ0) is 15.2. The molecule has 0 saturated carbocycles. The molecule has 3 nitrogen and oxygen atoms in total. The van der Waals surface area contributed by atoms with Gasteiger partial charge in [0.1, 0.15) is 0 Å². The zero-order valence-electron chi connectivity index (χ0n) is 11.8. The number of halogens is 1. The first-order valence-corrected chi connectivity index (χ1v) is 7.19. The predicted octanol–water partition coefficient (Wildman–Crippen LogP) is 3.23. The Hall–Kier alpha value is -2.13. The lowest BCUT2D eigenvalue weighted by atomic mass is 9.97. The summed E-state index contributed by atoms with van der Waals surface area (Å²) in [7, 11) is 1.68. The first kappa shape index (κ1) is 15.3. The van der Waals surface area contributed by atoms with Crippen molar-refractivity contribution in [3.63, 3.8) is 0 Å². The third-order valence-corrected chi connectivity index (χ3v) is 3.37. The molecule has 0 aliphatic rings. The minimum Gasteiger partial charge on any atom is -0.340 e. The fourth-order valence-corrected chi connectivity index (χ4v) is 2.30. The van der Waals surface area contributed by atoms with Gasteiger partial charge in [0, 0.05) is 30.6 Å². The molecule has 0 bridgehead atoms. The van der Waals surface area contributed by atoms with Crippen LogP contribution in [0.5, 0.6) is 0 Å². The first-order valence-electron chi connectivity index (χ1n) is 6.65. The third-order valence-electron chi connectivity index (χ3n) is 3.20. The molecule has 0 aliphatic carbocycles. The van der Waals surface area contributed by atoms with Crippen LogP contribution < -0.4 is 0 Å². The van der Waals surface area contributed by atoms with Gasteiger partial charge in [-0.1, -0.05) is 48.5 Å². The van der Waals surface area contributed by atoms with Crippen LogP contribution in [0, 0.1) is 0 Å². The summed E-state index contributed by atoms with van der Waals surface area (Å²) in [5, 5.41) is 0. The van der Waals surface area contributed by atoms with Crippen LogP contribution >= 0.6 is 11.6 Å². The van der Waals surface area contributed by atoms with Crippen LogP contribution in [0.2, 0.25) is 0 Å². The van der Waals surface area contributed by atoms with Crippen molar-refractivity contribution in [2.45, 2.75) is 0 Å². The lowest BCUT2D eigenvalue weighted by molar-refractivity contribution is 0.0798. The average Bonchev–Trinajstić information content (AvgIpc) is 2.54. The number of hydrogen-bond acceptors (Lipinski definition) is 2. The largest absolute Gasteiger partial charge is 0.340 e. The van der Waals surface area contributed by atoms with E-state index >= 15 is 0 Å². The van der Waals surface area contributed by atoms with Gasteiger partial charge in [0.25, 0.3) is 5.91 Å². The molecular formula is C17H16ClNO2. The highest BCUT2D eigenvalue weighted by atomic mass is 35.5. The van der Waals surface area contributed by atoms with Gasteiger partial charge in [0.2, 0.25) is 0 Å². The summed E-state index contributed by atoms with van der Waals surface area (Å²) in [5.74, 6) is 0.00572. The van der Waals surface area contributed by atoms with Gasteiger partial charge in [-0.15, -0.1) is 11.6 Å². The van der Waals surface area contributed by atoms with Gasteiger partial charge in [0.15, 0.2) is 5.78 Å². The summed E-state index contributed by atoms with van der Waals surface area (Å²) < 4.78 is 0. The summed E-state index contributed by atoms with van der Waals surface area (Å²) in [6.07, 6.45) is 0. The smallest absolute Gasteiger partial charge is 0.254 e. The topological polar surface area (TPSA) is 37.4 Å². The van der Waals surface area contributed by atoms with Crippen molar-refractivity contribution >= 4 is 23.3 Å². The second-order valence-electron chi connectivity index (χ2n) is 4.66. The molecule has 4 heteroatoms. The Bertz CT molecular complexity index is 640. The van der Waals surface area contributed by atoms with Crippen molar-refractivity contribution in [3.05, 3.63) is 71.3 Å². The maximum absolute atomic E-state index is 12.6. The molecule has 1 amide bonds. The van der Waals surface area contributed by atoms with Crippen molar-refractivity contribution in [3.8, 4) is 0 Å². The van der Waals surface area contributed by atoms with E-state index in [-0.39, 0.29) is 11.7 Å². The molecule has 0 aromatic heterocycles. The van der Waals surface area contributed by atoms with Gasteiger partial charge in [-0.25, -0.2) is 0 Å². The second-order valence-corrected chi connectivity index (χ2v) is 5.03. The molecule has 0 unspecified atom stereocenters. The van der Waals surface area contributed by atoms with Gasteiger partial charge in [-0.2, -0.15) is 0 Å². The summed E-state index contributed by atoms with van der Waals surface area (Å²) in [6, 6.07) is 15.8. The van der Waals surface area contributed by atoms with Crippen LogP contribution in [0.15, 0.2) is 54.6 Å². The minimum absolute atomic E-state index is 0.154. The van der Waals surface area contributed by atoms with Gasteiger partial charge in [-0.05, 0) is 6.07 Å². The van der Waals surface area contributed by atoms with Gasteiger partial charge in [-0.3, -0.25) is 9.59 Å². The maximum atomic E-state index is 12.6. The Balaban J connectivity index is 2.38. The normalized spacial score (nSPS) is 10.2. The fourth-order valence-electron chi connectivity index (χ4n) is 2.05. The molecule has 0 atom stereocenters. The molecule has 0 fully saturated rings. The van der Waals surface area contributed by atoms with E-state index in [1.165, 1.54) is 4.90 Å². The van der Waals surface area contributed by atoms with Crippen LogP contribution in [-0.4, -0.2) is 36.1 Å². The van der Waals surface area contributed by atoms with Crippen LogP contribution in [0.3, 0.4) is 0 Å².